The molecule has 0 bridgehead atoms. The number of phosphoric ester groups is 1. The summed E-state index contributed by atoms with van der Waals surface area (Å²) >= 11 is 0. The summed E-state index contributed by atoms with van der Waals surface area (Å²) in [6, 6.07) is 0. The smallest absolute Gasteiger partial charge is 0.470 e. The standard InChI is InChI=1S/C9H13N2O10P/c12-2-4-6(21-22(17,18)19)5(14)8(20-4)11-1-3(13)7(15)10-9(11)16/h1,4-6,8,12-14H,2H2,(H,10,15,16)(H2,17,18,19)/t4-,5-,6-,8-/m1/s1. The Labute approximate surface area is 121 Å². The first-order valence-corrected chi connectivity index (χ1v) is 7.40. The minimum Gasteiger partial charge on any atom is -0.502 e. The van der Waals surface area contributed by atoms with Crippen LogP contribution in [0, 0.1) is 0 Å². The SMILES string of the molecule is O=c1[nH]c(=O)n([C@@H]2O[C@H](CO)[C@@H](OP(=O)(O)O)[C@H]2O)cc1O. The second kappa shape index (κ2) is 5.93. The minimum atomic E-state index is -5.00. The molecule has 1 aromatic rings. The maximum absolute atomic E-state index is 11.7. The average molecular weight is 340 g/mol. The van der Waals surface area contributed by atoms with Crippen LogP contribution < -0.4 is 11.2 Å². The van der Waals surface area contributed by atoms with Crippen molar-refractivity contribution in [3.63, 3.8) is 0 Å². The molecule has 0 amide bonds. The Morgan fingerprint density at radius 1 is 1.41 bits per heavy atom. The van der Waals surface area contributed by atoms with Gasteiger partial charge in [0.1, 0.15) is 18.3 Å². The Morgan fingerprint density at radius 3 is 2.59 bits per heavy atom. The Kier molecular flexibility index (Phi) is 4.54. The number of H-pyrrole nitrogens is 1. The largest absolute Gasteiger partial charge is 0.502 e. The number of aromatic amines is 1. The summed E-state index contributed by atoms with van der Waals surface area (Å²) in [6.45, 7) is -0.762. The number of rotatable bonds is 4. The molecule has 124 valence electrons. The number of aliphatic hydroxyl groups is 2. The number of hydrogen-bond acceptors (Lipinski definition) is 8. The highest BCUT2D eigenvalue weighted by Gasteiger charge is 2.48. The van der Waals surface area contributed by atoms with E-state index in [4.69, 9.17) is 19.6 Å². The molecule has 0 unspecified atom stereocenters. The van der Waals surface area contributed by atoms with Crippen molar-refractivity contribution < 1.29 is 38.9 Å². The Bertz CT molecular complexity index is 707. The summed E-state index contributed by atoms with van der Waals surface area (Å²) in [7, 11) is -5.00. The highest BCUT2D eigenvalue weighted by molar-refractivity contribution is 7.46. The molecular formula is C9H13N2O10P. The molecule has 6 N–H and O–H groups in total. The Morgan fingerprint density at radius 2 is 2.05 bits per heavy atom. The molecule has 1 aromatic heterocycles. The minimum absolute atomic E-state index is 0.604. The van der Waals surface area contributed by atoms with Crippen molar-refractivity contribution in [3.05, 3.63) is 27.0 Å². The molecule has 4 atom stereocenters. The molecule has 1 aliphatic rings. The molecule has 1 fully saturated rings. The number of nitrogens with zero attached hydrogens (tertiary/aromatic N) is 1. The summed E-state index contributed by atoms with van der Waals surface area (Å²) in [5.41, 5.74) is -2.10. The molecule has 0 radical (unpaired) electrons. The first-order chi connectivity index (χ1) is 10.1. The molecule has 0 spiro atoms. The van der Waals surface area contributed by atoms with Gasteiger partial charge in [0.05, 0.1) is 12.8 Å². The second-order valence-corrected chi connectivity index (χ2v) is 5.67. The lowest BCUT2D eigenvalue weighted by atomic mass is 10.1. The maximum atomic E-state index is 11.7. The summed E-state index contributed by atoms with van der Waals surface area (Å²) in [4.78, 5) is 42.1. The van der Waals surface area contributed by atoms with Crippen molar-refractivity contribution in [1.82, 2.24) is 9.55 Å². The van der Waals surface area contributed by atoms with E-state index in [0.717, 1.165) is 0 Å². The molecule has 1 aliphatic heterocycles. The van der Waals surface area contributed by atoms with Gasteiger partial charge in [-0.05, 0) is 0 Å². The highest BCUT2D eigenvalue weighted by atomic mass is 31.2. The summed E-state index contributed by atoms with van der Waals surface area (Å²) in [5, 5.41) is 28.4. The first kappa shape index (κ1) is 16.8. The molecule has 0 saturated carbocycles. The van der Waals surface area contributed by atoms with Crippen LogP contribution in [0.25, 0.3) is 0 Å². The third kappa shape index (κ3) is 3.28. The Balaban J connectivity index is 2.38. The second-order valence-electron chi connectivity index (χ2n) is 4.48. The van der Waals surface area contributed by atoms with Gasteiger partial charge < -0.3 is 29.8 Å². The maximum Gasteiger partial charge on any atom is 0.470 e. The van der Waals surface area contributed by atoms with Gasteiger partial charge >= 0.3 is 13.5 Å². The molecule has 1 saturated heterocycles. The zero-order valence-corrected chi connectivity index (χ0v) is 11.7. The van der Waals surface area contributed by atoms with Crippen molar-refractivity contribution in [1.29, 1.82) is 0 Å². The third-order valence-corrected chi connectivity index (χ3v) is 3.49. The third-order valence-electron chi connectivity index (χ3n) is 2.97. The van der Waals surface area contributed by atoms with Gasteiger partial charge in [0.15, 0.2) is 12.0 Å². The van der Waals surface area contributed by atoms with Crippen LogP contribution in [-0.4, -0.2) is 59.6 Å². The molecule has 0 aliphatic carbocycles. The van der Waals surface area contributed by atoms with Gasteiger partial charge in [0, 0.05) is 0 Å². The fraction of sp³-hybridized carbons (Fsp3) is 0.556. The zero-order valence-electron chi connectivity index (χ0n) is 10.8. The predicted molar refractivity (Wildman–Crippen MR) is 66.9 cm³/mol. The number of nitrogens with one attached hydrogen (secondary N) is 1. The van der Waals surface area contributed by atoms with E-state index in [1.165, 1.54) is 0 Å². The van der Waals surface area contributed by atoms with Crippen molar-refractivity contribution in [2.75, 3.05) is 6.61 Å². The summed E-state index contributed by atoms with van der Waals surface area (Å²) in [5.74, 6) is -0.838. The highest BCUT2D eigenvalue weighted by Crippen LogP contribution is 2.43. The van der Waals surface area contributed by atoms with Crippen LogP contribution in [0.2, 0.25) is 0 Å². The number of aromatic hydroxyl groups is 1. The molecule has 0 aromatic carbocycles. The molecular weight excluding hydrogens is 327 g/mol. The summed E-state index contributed by atoms with van der Waals surface area (Å²) < 4.78 is 20.9. The average Bonchev–Trinajstić information content (AvgIpc) is 2.69. The fourth-order valence-corrected chi connectivity index (χ4v) is 2.63. The molecule has 2 heterocycles. The van der Waals surface area contributed by atoms with Gasteiger partial charge in [-0.1, -0.05) is 0 Å². The van der Waals surface area contributed by atoms with Crippen LogP contribution in [0.5, 0.6) is 5.75 Å². The van der Waals surface area contributed by atoms with Crippen LogP contribution in [0.3, 0.4) is 0 Å². The van der Waals surface area contributed by atoms with E-state index in [0.29, 0.717) is 10.8 Å². The molecule has 22 heavy (non-hydrogen) atoms. The fourth-order valence-electron chi connectivity index (χ4n) is 2.05. The van der Waals surface area contributed by atoms with Crippen LogP contribution in [0.1, 0.15) is 6.23 Å². The van der Waals surface area contributed by atoms with Crippen molar-refractivity contribution in [3.8, 4) is 5.75 Å². The Hall–Kier alpha value is -1.53. The number of aliphatic hydroxyl groups excluding tert-OH is 2. The number of hydrogen-bond donors (Lipinski definition) is 6. The quantitative estimate of drug-likeness (QED) is 0.307. The van der Waals surface area contributed by atoms with E-state index in [1.807, 2.05) is 0 Å². The lowest BCUT2D eigenvalue weighted by molar-refractivity contribution is -0.0551. The van der Waals surface area contributed by atoms with E-state index in [1.54, 1.807) is 4.98 Å². The normalized spacial score (nSPS) is 28.9. The van der Waals surface area contributed by atoms with Crippen molar-refractivity contribution in [2.45, 2.75) is 24.5 Å². The van der Waals surface area contributed by atoms with Crippen LogP contribution >= 0.6 is 7.82 Å². The van der Waals surface area contributed by atoms with Gasteiger partial charge in [-0.15, -0.1) is 0 Å². The van der Waals surface area contributed by atoms with E-state index in [-0.39, 0.29) is 0 Å². The van der Waals surface area contributed by atoms with E-state index in [2.05, 4.69) is 4.52 Å². The predicted octanol–water partition coefficient (Wildman–Crippen LogP) is -3.03. The van der Waals surface area contributed by atoms with E-state index >= 15 is 0 Å². The first-order valence-electron chi connectivity index (χ1n) is 5.87. The molecule has 12 nitrogen and oxygen atoms in total. The number of aromatic nitrogens is 2. The van der Waals surface area contributed by atoms with Crippen LogP contribution in [-0.2, 0) is 13.8 Å². The number of phosphoric acid groups is 1. The van der Waals surface area contributed by atoms with E-state index in [9.17, 15) is 24.4 Å². The van der Waals surface area contributed by atoms with Crippen molar-refractivity contribution in [2.24, 2.45) is 0 Å². The molecule has 2 rings (SSSR count). The van der Waals surface area contributed by atoms with Gasteiger partial charge in [0.2, 0.25) is 0 Å². The number of ether oxygens (including phenoxy) is 1. The molecule has 13 heteroatoms. The van der Waals surface area contributed by atoms with Gasteiger partial charge in [-0.3, -0.25) is 18.9 Å². The van der Waals surface area contributed by atoms with Crippen LogP contribution in [0.4, 0.5) is 0 Å². The lowest BCUT2D eigenvalue weighted by Gasteiger charge is -2.20. The van der Waals surface area contributed by atoms with Crippen LogP contribution in [0.15, 0.2) is 15.8 Å². The van der Waals surface area contributed by atoms with Gasteiger partial charge in [-0.25, -0.2) is 9.36 Å². The van der Waals surface area contributed by atoms with Gasteiger partial charge in [-0.2, -0.15) is 0 Å². The zero-order chi connectivity index (χ0) is 16.7. The van der Waals surface area contributed by atoms with E-state index < -0.39 is 56.0 Å². The monoisotopic (exact) mass is 340 g/mol. The van der Waals surface area contributed by atoms with Gasteiger partial charge in [0.25, 0.3) is 5.56 Å². The summed E-state index contributed by atoms with van der Waals surface area (Å²) in [6.07, 6.45) is -5.58. The van der Waals surface area contributed by atoms with Crippen molar-refractivity contribution >= 4 is 7.82 Å². The lowest BCUT2D eigenvalue weighted by Crippen LogP contribution is -2.38. The topological polar surface area (TPSA) is 192 Å².